The summed E-state index contributed by atoms with van der Waals surface area (Å²) in [6, 6.07) is 0. The Morgan fingerprint density at radius 2 is 2.15 bits per heavy atom. The van der Waals surface area contributed by atoms with Crippen LogP contribution in [0.4, 0.5) is 0 Å². The molecule has 0 aromatic carbocycles. The van der Waals surface area contributed by atoms with Crippen molar-refractivity contribution in [3.05, 3.63) is 0 Å². The zero-order valence-electron chi connectivity index (χ0n) is 7.83. The highest BCUT2D eigenvalue weighted by Crippen LogP contribution is 2.26. The van der Waals surface area contributed by atoms with Gasteiger partial charge in [0, 0.05) is 26.9 Å². The Morgan fingerprint density at radius 3 is 2.62 bits per heavy atom. The van der Waals surface area contributed by atoms with Crippen LogP contribution in [0.15, 0.2) is 0 Å². The number of carbonyl (C=O) groups excluding carboxylic acids is 2. The average molecular weight is 186 g/mol. The van der Waals surface area contributed by atoms with E-state index < -0.39 is 11.6 Å². The maximum absolute atomic E-state index is 11.3. The molecule has 1 aliphatic rings. The normalized spacial score (nSPS) is 27.5. The van der Waals surface area contributed by atoms with E-state index in [0.717, 1.165) is 0 Å². The number of aliphatic hydroxyl groups is 1. The molecule has 0 radical (unpaired) electrons. The smallest absolute Gasteiger partial charge is 0.273 e. The number of hydrogen-bond donors (Lipinski definition) is 2. The summed E-state index contributed by atoms with van der Waals surface area (Å²) < 4.78 is 0. The van der Waals surface area contributed by atoms with Crippen molar-refractivity contribution in [3.63, 3.8) is 0 Å². The number of carbonyl (C=O) groups is 2. The molecule has 1 atom stereocenters. The zero-order chi connectivity index (χ0) is 10.1. The monoisotopic (exact) mass is 186 g/mol. The first-order chi connectivity index (χ1) is 6.02. The van der Waals surface area contributed by atoms with Crippen molar-refractivity contribution in [2.45, 2.75) is 25.5 Å². The first-order valence-electron chi connectivity index (χ1n) is 4.25. The van der Waals surface area contributed by atoms with Gasteiger partial charge in [0.05, 0.1) is 0 Å². The van der Waals surface area contributed by atoms with Crippen molar-refractivity contribution >= 4 is 11.8 Å². The van der Waals surface area contributed by atoms with Gasteiger partial charge in [-0.15, -0.1) is 0 Å². The highest BCUT2D eigenvalue weighted by Gasteiger charge is 2.46. The topological polar surface area (TPSA) is 69.6 Å². The van der Waals surface area contributed by atoms with Crippen LogP contribution in [0.1, 0.15) is 19.8 Å². The van der Waals surface area contributed by atoms with E-state index in [4.69, 9.17) is 0 Å². The average Bonchev–Trinajstić information content (AvgIpc) is 2.47. The van der Waals surface area contributed by atoms with Crippen LogP contribution in [-0.2, 0) is 9.59 Å². The van der Waals surface area contributed by atoms with Gasteiger partial charge >= 0.3 is 0 Å². The highest BCUT2D eigenvalue weighted by molar-refractivity contribution is 5.89. The molecule has 2 amide bonds. The Labute approximate surface area is 76.7 Å². The number of likely N-dealkylation sites (tertiary alicyclic amines) is 1. The summed E-state index contributed by atoms with van der Waals surface area (Å²) >= 11 is 0. The fourth-order valence-electron chi connectivity index (χ4n) is 1.66. The molecule has 0 saturated carbocycles. The maximum atomic E-state index is 11.3. The molecular weight excluding hydrogens is 172 g/mol. The summed E-state index contributed by atoms with van der Waals surface area (Å²) in [5, 5.41) is 12.2. The second-order valence-electron chi connectivity index (χ2n) is 3.17. The van der Waals surface area contributed by atoms with Crippen LogP contribution in [0.3, 0.4) is 0 Å². The van der Waals surface area contributed by atoms with E-state index in [9.17, 15) is 14.7 Å². The van der Waals surface area contributed by atoms with Crippen LogP contribution < -0.4 is 5.32 Å². The summed E-state index contributed by atoms with van der Waals surface area (Å²) in [4.78, 5) is 23.6. The van der Waals surface area contributed by atoms with Gasteiger partial charge in [-0.1, -0.05) is 0 Å². The number of likely N-dealkylation sites (N-methyl/N-ethyl adjacent to an activating group) is 1. The molecule has 0 aliphatic carbocycles. The van der Waals surface area contributed by atoms with E-state index in [-0.39, 0.29) is 5.91 Å². The Balaban J connectivity index is 2.87. The van der Waals surface area contributed by atoms with Crippen molar-refractivity contribution in [3.8, 4) is 0 Å². The molecule has 1 fully saturated rings. The van der Waals surface area contributed by atoms with Gasteiger partial charge in [0.1, 0.15) is 0 Å². The van der Waals surface area contributed by atoms with E-state index in [1.54, 1.807) is 0 Å². The third-order valence-corrected chi connectivity index (χ3v) is 2.32. The molecule has 0 aromatic rings. The number of nitrogens with zero attached hydrogens (tertiary/aromatic N) is 1. The Hall–Kier alpha value is -1.10. The van der Waals surface area contributed by atoms with Gasteiger partial charge < -0.3 is 15.3 Å². The predicted molar refractivity (Wildman–Crippen MR) is 45.6 cm³/mol. The van der Waals surface area contributed by atoms with E-state index in [2.05, 4.69) is 5.32 Å². The molecule has 1 unspecified atom stereocenters. The minimum atomic E-state index is -1.62. The summed E-state index contributed by atoms with van der Waals surface area (Å²) in [6.07, 6.45) is 0.968. The molecule has 1 rings (SSSR count). The van der Waals surface area contributed by atoms with Crippen molar-refractivity contribution in [1.29, 1.82) is 0 Å². The molecule has 1 saturated heterocycles. The van der Waals surface area contributed by atoms with Crippen molar-refractivity contribution in [2.24, 2.45) is 0 Å². The van der Waals surface area contributed by atoms with Crippen LogP contribution in [0, 0.1) is 0 Å². The molecular formula is C8H14N2O3. The lowest BCUT2D eigenvalue weighted by Gasteiger charge is -2.30. The highest BCUT2D eigenvalue weighted by atomic mass is 16.3. The van der Waals surface area contributed by atoms with Crippen LogP contribution in [0.25, 0.3) is 0 Å². The van der Waals surface area contributed by atoms with E-state index in [0.29, 0.717) is 19.4 Å². The first kappa shape index (κ1) is 9.98. The molecule has 2 N–H and O–H groups in total. The fourth-order valence-corrected chi connectivity index (χ4v) is 1.66. The van der Waals surface area contributed by atoms with Crippen molar-refractivity contribution in [1.82, 2.24) is 10.2 Å². The minimum Gasteiger partial charge on any atom is -0.363 e. The lowest BCUT2D eigenvalue weighted by molar-refractivity contribution is -0.166. The first-order valence-corrected chi connectivity index (χ1v) is 4.25. The molecule has 0 spiro atoms. The van der Waals surface area contributed by atoms with E-state index in [1.165, 1.54) is 18.9 Å². The van der Waals surface area contributed by atoms with Gasteiger partial charge in [0.15, 0.2) is 0 Å². The van der Waals surface area contributed by atoms with Gasteiger partial charge in [-0.05, 0) is 6.42 Å². The lowest BCUT2D eigenvalue weighted by Crippen LogP contribution is -2.56. The predicted octanol–water partition coefficient (Wildman–Crippen LogP) is -0.937. The Kier molecular flexibility index (Phi) is 2.56. The summed E-state index contributed by atoms with van der Waals surface area (Å²) in [7, 11) is 1.44. The molecule has 5 heteroatoms. The molecule has 0 aromatic heterocycles. The largest absolute Gasteiger partial charge is 0.363 e. The summed E-state index contributed by atoms with van der Waals surface area (Å²) in [6.45, 7) is 1.79. The van der Waals surface area contributed by atoms with Crippen LogP contribution in [0.5, 0.6) is 0 Å². The fraction of sp³-hybridized carbons (Fsp3) is 0.750. The lowest BCUT2D eigenvalue weighted by atomic mass is 10.1. The van der Waals surface area contributed by atoms with E-state index in [1.807, 2.05) is 0 Å². The quantitative estimate of drug-likeness (QED) is 0.555. The number of rotatable bonds is 1. The molecule has 5 nitrogen and oxygen atoms in total. The van der Waals surface area contributed by atoms with Crippen molar-refractivity contribution in [2.75, 3.05) is 13.6 Å². The molecule has 1 aliphatic heterocycles. The standard InChI is InChI=1S/C8H14N2O3/c1-6(11)10-5-3-4-8(10,13)7(12)9-2/h13H,3-5H2,1-2H3,(H,9,12). The molecule has 1 heterocycles. The number of nitrogens with one attached hydrogen (secondary N) is 1. The summed E-state index contributed by atoms with van der Waals surface area (Å²) in [5.41, 5.74) is -1.62. The van der Waals surface area contributed by atoms with Crippen LogP contribution in [0.2, 0.25) is 0 Å². The molecule has 0 bridgehead atoms. The third-order valence-electron chi connectivity index (χ3n) is 2.32. The zero-order valence-corrected chi connectivity index (χ0v) is 7.83. The minimum absolute atomic E-state index is 0.274. The Bertz CT molecular complexity index is 242. The third kappa shape index (κ3) is 1.51. The second-order valence-corrected chi connectivity index (χ2v) is 3.17. The second kappa shape index (κ2) is 3.33. The number of hydrogen-bond acceptors (Lipinski definition) is 3. The Morgan fingerprint density at radius 1 is 1.54 bits per heavy atom. The van der Waals surface area contributed by atoms with Gasteiger partial charge in [-0.3, -0.25) is 9.59 Å². The van der Waals surface area contributed by atoms with Gasteiger partial charge in [0.25, 0.3) is 5.91 Å². The van der Waals surface area contributed by atoms with Gasteiger partial charge in [-0.25, -0.2) is 0 Å². The van der Waals surface area contributed by atoms with Crippen LogP contribution >= 0.6 is 0 Å². The number of amides is 2. The SMILES string of the molecule is CNC(=O)C1(O)CCCN1C(C)=O. The van der Waals surface area contributed by atoms with Crippen LogP contribution in [-0.4, -0.2) is 41.1 Å². The molecule has 13 heavy (non-hydrogen) atoms. The molecule has 74 valence electrons. The van der Waals surface area contributed by atoms with Gasteiger partial charge in [0.2, 0.25) is 11.6 Å². The van der Waals surface area contributed by atoms with Crippen molar-refractivity contribution < 1.29 is 14.7 Å². The summed E-state index contributed by atoms with van der Waals surface area (Å²) in [5.74, 6) is -0.788. The maximum Gasteiger partial charge on any atom is 0.273 e. The van der Waals surface area contributed by atoms with Gasteiger partial charge in [-0.2, -0.15) is 0 Å². The van der Waals surface area contributed by atoms with E-state index >= 15 is 0 Å².